The molecule has 0 aliphatic rings. The lowest BCUT2D eigenvalue weighted by atomic mass is 10.1. The fourth-order valence-electron chi connectivity index (χ4n) is 3.25. The number of carbonyl (C=O) groups is 2. The second-order valence-electron chi connectivity index (χ2n) is 6.82. The Morgan fingerprint density at radius 3 is 2.56 bits per heavy atom. The van der Waals surface area contributed by atoms with Crippen LogP contribution in [0.1, 0.15) is 10.4 Å². The quantitative estimate of drug-likeness (QED) is 0.452. The van der Waals surface area contributed by atoms with Crippen LogP contribution >= 0.6 is 11.3 Å². The highest BCUT2D eigenvalue weighted by Gasteiger charge is 2.16. The monoisotopic (exact) mass is 449 g/mol. The predicted molar refractivity (Wildman–Crippen MR) is 122 cm³/mol. The van der Waals surface area contributed by atoms with Gasteiger partial charge in [-0.05, 0) is 29.8 Å². The van der Waals surface area contributed by atoms with Crippen molar-refractivity contribution >= 4 is 39.1 Å². The van der Waals surface area contributed by atoms with Crippen LogP contribution < -0.4 is 15.6 Å². The molecule has 2 heterocycles. The lowest BCUT2D eigenvalue weighted by Crippen LogP contribution is -2.28. The molecule has 0 aliphatic heterocycles. The molecule has 0 fully saturated rings. The Kier molecular flexibility index (Phi) is 6.00. The molecule has 0 atom stereocenters. The number of hydrogen-bond donors (Lipinski definition) is 1. The van der Waals surface area contributed by atoms with E-state index in [1.165, 1.54) is 29.3 Å². The zero-order valence-electron chi connectivity index (χ0n) is 17.3. The van der Waals surface area contributed by atoms with Crippen molar-refractivity contribution in [3.8, 4) is 16.9 Å². The number of amides is 1. The van der Waals surface area contributed by atoms with E-state index in [1.54, 1.807) is 31.4 Å². The minimum atomic E-state index is -0.564. The molecule has 2 aromatic heterocycles. The summed E-state index contributed by atoms with van der Waals surface area (Å²) in [5, 5.41) is 4.53. The molecule has 32 heavy (non-hydrogen) atoms. The Hall–Kier alpha value is -3.98. The van der Waals surface area contributed by atoms with Gasteiger partial charge in [-0.2, -0.15) is 0 Å². The van der Waals surface area contributed by atoms with Gasteiger partial charge in [-0.15, -0.1) is 11.3 Å². The number of aromatic nitrogens is 2. The molecule has 0 spiro atoms. The molecule has 2 aromatic carbocycles. The molecule has 0 radical (unpaired) electrons. The van der Waals surface area contributed by atoms with Gasteiger partial charge in [-0.25, -0.2) is 9.78 Å². The zero-order valence-corrected chi connectivity index (χ0v) is 18.1. The van der Waals surface area contributed by atoms with Gasteiger partial charge in [0.05, 0.1) is 37.3 Å². The van der Waals surface area contributed by atoms with Crippen LogP contribution in [0, 0.1) is 0 Å². The first-order chi connectivity index (χ1) is 15.5. The lowest BCUT2D eigenvalue weighted by molar-refractivity contribution is -0.116. The first-order valence-corrected chi connectivity index (χ1v) is 10.5. The summed E-state index contributed by atoms with van der Waals surface area (Å²) in [6.07, 6.45) is 1.36. The molecule has 1 amide bonds. The number of rotatable bonds is 6. The predicted octanol–water partition coefficient (Wildman–Crippen LogP) is 3.56. The van der Waals surface area contributed by atoms with Gasteiger partial charge >= 0.3 is 5.97 Å². The molecule has 1 N–H and O–H groups in total. The van der Waals surface area contributed by atoms with E-state index in [1.807, 2.05) is 29.6 Å². The van der Waals surface area contributed by atoms with E-state index >= 15 is 0 Å². The van der Waals surface area contributed by atoms with Crippen LogP contribution in [0.3, 0.4) is 0 Å². The van der Waals surface area contributed by atoms with Crippen LogP contribution in [0.5, 0.6) is 5.75 Å². The molecule has 4 rings (SSSR count). The highest BCUT2D eigenvalue weighted by atomic mass is 32.1. The summed E-state index contributed by atoms with van der Waals surface area (Å²) >= 11 is 1.28. The number of fused-ring (bicyclic) bond motifs is 1. The lowest BCUT2D eigenvalue weighted by Gasteiger charge is -2.10. The average molecular weight is 449 g/mol. The smallest absolute Gasteiger partial charge is 0.339 e. The highest BCUT2D eigenvalue weighted by molar-refractivity contribution is 7.17. The van der Waals surface area contributed by atoms with Crippen molar-refractivity contribution in [3.05, 3.63) is 76.2 Å². The van der Waals surface area contributed by atoms with Crippen LogP contribution in [0.2, 0.25) is 0 Å². The number of anilines is 1. The van der Waals surface area contributed by atoms with Gasteiger partial charge in [0.1, 0.15) is 17.0 Å². The molecule has 0 saturated heterocycles. The molecule has 9 heteroatoms. The molecule has 0 bridgehead atoms. The number of hydrogen-bond acceptors (Lipinski definition) is 7. The summed E-state index contributed by atoms with van der Waals surface area (Å²) < 4.78 is 11.6. The van der Waals surface area contributed by atoms with Crippen molar-refractivity contribution in [1.82, 2.24) is 9.55 Å². The second kappa shape index (κ2) is 9.03. The second-order valence-corrected chi connectivity index (χ2v) is 7.70. The fraction of sp³-hybridized carbons (Fsp3) is 0.130. The maximum absolute atomic E-state index is 12.9. The number of nitrogens with one attached hydrogen (secondary N) is 1. The average Bonchev–Trinajstić information content (AvgIpc) is 3.25. The highest BCUT2D eigenvalue weighted by Crippen LogP contribution is 2.31. The van der Waals surface area contributed by atoms with Crippen molar-refractivity contribution in [2.24, 2.45) is 0 Å². The maximum Gasteiger partial charge on any atom is 0.339 e. The Morgan fingerprint density at radius 2 is 1.84 bits per heavy atom. The van der Waals surface area contributed by atoms with Gasteiger partial charge in [-0.1, -0.05) is 24.3 Å². The summed E-state index contributed by atoms with van der Waals surface area (Å²) in [4.78, 5) is 41.8. The maximum atomic E-state index is 12.9. The van der Waals surface area contributed by atoms with E-state index in [2.05, 4.69) is 10.3 Å². The first kappa shape index (κ1) is 21.3. The van der Waals surface area contributed by atoms with E-state index in [0.717, 1.165) is 16.9 Å². The van der Waals surface area contributed by atoms with Crippen molar-refractivity contribution in [1.29, 1.82) is 0 Å². The van der Waals surface area contributed by atoms with Crippen molar-refractivity contribution < 1.29 is 19.1 Å². The van der Waals surface area contributed by atoms with Gasteiger partial charge in [0.15, 0.2) is 0 Å². The van der Waals surface area contributed by atoms with E-state index < -0.39 is 11.9 Å². The van der Waals surface area contributed by atoms with E-state index in [-0.39, 0.29) is 17.7 Å². The number of thiophene rings is 1. The number of para-hydroxylation sites is 1. The third-order valence-electron chi connectivity index (χ3n) is 4.87. The molecular weight excluding hydrogens is 430 g/mol. The molecule has 0 aliphatic carbocycles. The Labute approximate surface area is 187 Å². The fourth-order valence-corrected chi connectivity index (χ4v) is 4.23. The number of nitrogens with zero attached hydrogens (tertiary/aromatic N) is 2. The Bertz CT molecular complexity index is 1360. The standard InChI is InChI=1S/C23H19N3O5S/c1-30-15-9-7-14(8-10-15)17-12-32-21-20(17)24-13-26(22(21)28)11-19(27)25-18-6-4-3-5-16(18)23(29)31-2/h3-10,12-13H,11H2,1-2H3,(H,25,27). The molecule has 0 unspecified atom stereocenters. The van der Waals surface area contributed by atoms with Crippen LogP contribution in [0.15, 0.2) is 65.0 Å². The SMILES string of the molecule is COC(=O)c1ccccc1NC(=O)Cn1cnc2c(-c3ccc(OC)cc3)csc2c1=O. The minimum Gasteiger partial charge on any atom is -0.497 e. The summed E-state index contributed by atoms with van der Waals surface area (Å²) in [5.41, 5.74) is 2.57. The molecule has 8 nitrogen and oxygen atoms in total. The minimum absolute atomic E-state index is 0.228. The topological polar surface area (TPSA) is 99.5 Å². The van der Waals surface area contributed by atoms with Crippen molar-refractivity contribution in [2.45, 2.75) is 6.54 Å². The number of benzene rings is 2. The third-order valence-corrected chi connectivity index (χ3v) is 5.82. The summed E-state index contributed by atoms with van der Waals surface area (Å²) in [7, 11) is 2.87. The van der Waals surface area contributed by atoms with Crippen LogP contribution in [-0.2, 0) is 16.1 Å². The van der Waals surface area contributed by atoms with Crippen molar-refractivity contribution in [2.75, 3.05) is 19.5 Å². The Balaban J connectivity index is 1.58. The zero-order chi connectivity index (χ0) is 22.7. The number of ether oxygens (including phenoxy) is 2. The summed E-state index contributed by atoms with van der Waals surface area (Å²) in [5.74, 6) is -0.286. The third kappa shape index (κ3) is 4.10. The van der Waals surface area contributed by atoms with Crippen LogP contribution in [-0.4, -0.2) is 35.6 Å². The van der Waals surface area contributed by atoms with Gasteiger partial charge in [0.2, 0.25) is 5.91 Å². The van der Waals surface area contributed by atoms with E-state index in [4.69, 9.17) is 9.47 Å². The van der Waals surface area contributed by atoms with Crippen LogP contribution in [0.25, 0.3) is 21.3 Å². The number of carbonyl (C=O) groups excluding carboxylic acids is 2. The number of methoxy groups -OCH3 is 2. The van der Waals surface area contributed by atoms with E-state index in [9.17, 15) is 14.4 Å². The van der Waals surface area contributed by atoms with Gasteiger partial charge in [0, 0.05) is 10.9 Å². The molecule has 162 valence electrons. The van der Waals surface area contributed by atoms with Gasteiger partial charge in [-0.3, -0.25) is 14.2 Å². The van der Waals surface area contributed by atoms with Crippen LogP contribution in [0.4, 0.5) is 5.69 Å². The molecule has 4 aromatic rings. The van der Waals surface area contributed by atoms with E-state index in [0.29, 0.717) is 15.9 Å². The summed E-state index contributed by atoms with van der Waals surface area (Å²) in [6, 6.07) is 14.0. The van der Waals surface area contributed by atoms with Gasteiger partial charge < -0.3 is 14.8 Å². The van der Waals surface area contributed by atoms with Gasteiger partial charge in [0.25, 0.3) is 5.56 Å². The molecule has 0 saturated carbocycles. The first-order valence-electron chi connectivity index (χ1n) is 9.60. The normalized spacial score (nSPS) is 10.7. The Morgan fingerprint density at radius 1 is 1.09 bits per heavy atom. The van der Waals surface area contributed by atoms with Crippen molar-refractivity contribution in [3.63, 3.8) is 0 Å². The number of esters is 1. The summed E-state index contributed by atoms with van der Waals surface area (Å²) in [6.45, 7) is -0.243. The molecular formula is C23H19N3O5S. The largest absolute Gasteiger partial charge is 0.497 e.